The number of anilines is 2. The molecule has 3 rings (SSSR count). The van der Waals surface area contributed by atoms with E-state index in [1.165, 1.54) is 23.8 Å². The maximum Gasteiger partial charge on any atom is 0.269 e. The van der Waals surface area contributed by atoms with Crippen LogP contribution in [0.2, 0.25) is 0 Å². The number of hydrogen-bond acceptors (Lipinski definition) is 5. The molecule has 1 heterocycles. The van der Waals surface area contributed by atoms with Gasteiger partial charge in [-0.25, -0.2) is 0 Å². The Labute approximate surface area is 174 Å². The van der Waals surface area contributed by atoms with Crippen molar-refractivity contribution >= 4 is 35.0 Å². The van der Waals surface area contributed by atoms with Gasteiger partial charge in [-0.3, -0.25) is 14.5 Å². The Hall–Kier alpha value is -3.24. The molecule has 2 aromatic carbocycles. The first-order valence-corrected chi connectivity index (χ1v) is 10.1. The molecule has 0 radical (unpaired) electrons. The highest BCUT2D eigenvalue weighted by molar-refractivity contribution is 8.04. The average molecular weight is 407 g/mol. The maximum atomic E-state index is 12.8. The monoisotopic (exact) mass is 407 g/mol. The summed E-state index contributed by atoms with van der Waals surface area (Å²) in [7, 11) is 1.50. The largest absolute Gasteiger partial charge is 0.495 e. The van der Waals surface area contributed by atoms with Crippen LogP contribution in [0.3, 0.4) is 0 Å². The van der Waals surface area contributed by atoms with Gasteiger partial charge in [0.05, 0.1) is 18.6 Å². The molecule has 0 unspecified atom stereocenters. The van der Waals surface area contributed by atoms with E-state index in [-0.39, 0.29) is 17.2 Å². The predicted molar refractivity (Wildman–Crippen MR) is 115 cm³/mol. The number of para-hydroxylation sites is 2. The molecule has 2 amide bonds. The van der Waals surface area contributed by atoms with Gasteiger partial charge >= 0.3 is 0 Å². The lowest BCUT2D eigenvalue weighted by Gasteiger charge is -2.19. The summed E-state index contributed by atoms with van der Waals surface area (Å²) in [5, 5.41) is 12.7. The van der Waals surface area contributed by atoms with Crippen molar-refractivity contribution in [3.63, 3.8) is 0 Å². The number of nitrogens with one attached hydrogen (secondary N) is 1. The van der Waals surface area contributed by atoms with E-state index >= 15 is 0 Å². The molecule has 0 atom stereocenters. The molecular weight excluding hydrogens is 386 g/mol. The first kappa shape index (κ1) is 20.5. The van der Waals surface area contributed by atoms with Crippen LogP contribution in [0.4, 0.5) is 11.4 Å². The van der Waals surface area contributed by atoms with Crippen molar-refractivity contribution in [3.05, 3.63) is 64.7 Å². The fourth-order valence-corrected chi connectivity index (χ4v) is 3.96. The van der Waals surface area contributed by atoms with E-state index in [2.05, 4.69) is 19.2 Å². The second kappa shape index (κ2) is 8.84. The lowest BCUT2D eigenvalue weighted by molar-refractivity contribution is -0.115. The van der Waals surface area contributed by atoms with Crippen LogP contribution in [-0.4, -0.2) is 24.7 Å². The number of methoxy groups -OCH3 is 1. The number of benzene rings is 2. The van der Waals surface area contributed by atoms with Gasteiger partial charge in [-0.2, -0.15) is 5.26 Å². The van der Waals surface area contributed by atoms with Crippen molar-refractivity contribution in [3.8, 4) is 11.8 Å². The summed E-state index contributed by atoms with van der Waals surface area (Å²) in [4.78, 5) is 26.8. The van der Waals surface area contributed by atoms with Gasteiger partial charge in [0.25, 0.3) is 5.91 Å². The summed E-state index contributed by atoms with van der Waals surface area (Å²) in [6, 6.07) is 16.5. The normalized spacial score (nSPS) is 15.3. The summed E-state index contributed by atoms with van der Waals surface area (Å²) in [6.45, 7) is 4.18. The molecule has 2 aromatic rings. The Balaban J connectivity index is 1.95. The second-order valence-corrected chi connectivity index (χ2v) is 7.67. The highest BCUT2D eigenvalue weighted by Crippen LogP contribution is 2.37. The van der Waals surface area contributed by atoms with E-state index in [0.717, 1.165) is 5.56 Å². The number of thioether (sulfide) groups is 1. The highest BCUT2D eigenvalue weighted by atomic mass is 32.2. The number of rotatable bonds is 5. The minimum atomic E-state index is -0.585. The molecule has 1 saturated heterocycles. The van der Waals surface area contributed by atoms with E-state index < -0.39 is 5.91 Å². The van der Waals surface area contributed by atoms with Gasteiger partial charge in [0.1, 0.15) is 22.4 Å². The van der Waals surface area contributed by atoms with Crippen molar-refractivity contribution in [1.29, 1.82) is 5.26 Å². The minimum Gasteiger partial charge on any atom is -0.495 e. The van der Waals surface area contributed by atoms with Gasteiger partial charge < -0.3 is 10.1 Å². The van der Waals surface area contributed by atoms with E-state index in [1.807, 2.05) is 30.3 Å². The third kappa shape index (κ3) is 4.28. The SMILES string of the molecule is COc1ccccc1NC(=O)/C(C#N)=C1\SCC(=O)N1c1ccc(C(C)C)cc1. The van der Waals surface area contributed by atoms with E-state index in [1.54, 1.807) is 24.3 Å². The number of nitriles is 1. The lowest BCUT2D eigenvalue weighted by Crippen LogP contribution is -2.27. The summed E-state index contributed by atoms with van der Waals surface area (Å²) < 4.78 is 5.24. The van der Waals surface area contributed by atoms with Crippen LogP contribution in [0.15, 0.2) is 59.1 Å². The first-order valence-electron chi connectivity index (χ1n) is 9.10. The van der Waals surface area contributed by atoms with E-state index in [0.29, 0.717) is 28.1 Å². The first-order chi connectivity index (χ1) is 14.0. The van der Waals surface area contributed by atoms with Crippen LogP contribution in [-0.2, 0) is 9.59 Å². The molecule has 148 valence electrons. The van der Waals surface area contributed by atoms with Crippen LogP contribution < -0.4 is 15.0 Å². The van der Waals surface area contributed by atoms with Crippen LogP contribution >= 0.6 is 11.8 Å². The molecule has 1 fully saturated rings. The Bertz CT molecular complexity index is 1010. The van der Waals surface area contributed by atoms with Gasteiger partial charge in [-0.1, -0.05) is 49.9 Å². The number of carbonyl (C=O) groups is 2. The fraction of sp³-hybridized carbons (Fsp3) is 0.227. The molecule has 0 saturated carbocycles. The highest BCUT2D eigenvalue weighted by Gasteiger charge is 2.33. The van der Waals surface area contributed by atoms with Gasteiger partial charge in [0.2, 0.25) is 5.91 Å². The zero-order valence-electron chi connectivity index (χ0n) is 16.4. The van der Waals surface area contributed by atoms with Crippen molar-refractivity contribution < 1.29 is 14.3 Å². The number of amides is 2. The zero-order valence-corrected chi connectivity index (χ0v) is 17.2. The van der Waals surface area contributed by atoms with Crippen molar-refractivity contribution in [2.24, 2.45) is 0 Å². The third-order valence-corrected chi connectivity index (χ3v) is 5.56. The van der Waals surface area contributed by atoms with Gasteiger partial charge in [0, 0.05) is 5.69 Å². The van der Waals surface area contributed by atoms with Crippen molar-refractivity contribution in [1.82, 2.24) is 0 Å². The van der Waals surface area contributed by atoms with Crippen molar-refractivity contribution in [2.45, 2.75) is 19.8 Å². The Morgan fingerprint density at radius 2 is 1.90 bits per heavy atom. The lowest BCUT2D eigenvalue weighted by atomic mass is 10.0. The molecule has 29 heavy (non-hydrogen) atoms. The van der Waals surface area contributed by atoms with Crippen LogP contribution in [0, 0.1) is 11.3 Å². The third-order valence-electron chi connectivity index (χ3n) is 4.51. The van der Waals surface area contributed by atoms with Gasteiger partial charge in [-0.15, -0.1) is 0 Å². The number of carbonyl (C=O) groups excluding carboxylic acids is 2. The van der Waals surface area contributed by atoms with Crippen LogP contribution in [0.1, 0.15) is 25.3 Å². The summed E-state index contributed by atoms with van der Waals surface area (Å²) in [6.07, 6.45) is 0. The van der Waals surface area contributed by atoms with Gasteiger partial charge in [0.15, 0.2) is 0 Å². The standard InChI is InChI=1S/C22H21N3O3S/c1-14(2)15-8-10-16(11-9-15)25-20(26)13-29-22(25)17(12-23)21(27)24-18-6-4-5-7-19(18)28-3/h4-11,14H,13H2,1-3H3,(H,24,27)/b22-17-. The molecule has 6 nitrogen and oxygen atoms in total. The smallest absolute Gasteiger partial charge is 0.269 e. The maximum absolute atomic E-state index is 12.8. The minimum absolute atomic E-state index is 0.111. The molecule has 0 aliphatic carbocycles. The quantitative estimate of drug-likeness (QED) is 0.591. The molecule has 1 aliphatic rings. The summed E-state index contributed by atoms with van der Waals surface area (Å²) in [5.74, 6) is 0.274. The number of ether oxygens (including phenoxy) is 1. The second-order valence-electron chi connectivity index (χ2n) is 6.71. The topological polar surface area (TPSA) is 82.4 Å². The number of hydrogen-bond donors (Lipinski definition) is 1. The molecular formula is C22H21N3O3S. The van der Waals surface area contributed by atoms with Crippen LogP contribution in [0.5, 0.6) is 5.75 Å². The van der Waals surface area contributed by atoms with E-state index in [9.17, 15) is 14.9 Å². The Morgan fingerprint density at radius 1 is 1.21 bits per heavy atom. The van der Waals surface area contributed by atoms with Crippen molar-refractivity contribution in [2.75, 3.05) is 23.1 Å². The summed E-state index contributed by atoms with van der Waals surface area (Å²) in [5.41, 5.74) is 2.13. The Kier molecular flexibility index (Phi) is 6.25. The molecule has 0 bridgehead atoms. The van der Waals surface area contributed by atoms with E-state index in [4.69, 9.17) is 4.74 Å². The fourth-order valence-electron chi connectivity index (χ4n) is 2.95. The summed E-state index contributed by atoms with van der Waals surface area (Å²) >= 11 is 1.19. The zero-order chi connectivity index (χ0) is 21.0. The predicted octanol–water partition coefficient (Wildman–Crippen LogP) is 4.27. The van der Waals surface area contributed by atoms with Gasteiger partial charge in [-0.05, 0) is 35.7 Å². The Morgan fingerprint density at radius 3 is 2.52 bits per heavy atom. The molecule has 7 heteroatoms. The molecule has 1 aliphatic heterocycles. The number of nitrogens with zero attached hydrogens (tertiary/aromatic N) is 2. The molecule has 1 N–H and O–H groups in total. The van der Waals surface area contributed by atoms with Crippen LogP contribution in [0.25, 0.3) is 0 Å². The molecule has 0 aromatic heterocycles. The average Bonchev–Trinajstić information content (AvgIpc) is 3.10. The molecule has 0 spiro atoms.